The zero-order valence-corrected chi connectivity index (χ0v) is 16.9. The highest BCUT2D eigenvalue weighted by atomic mass is 16.5. The van der Waals surface area contributed by atoms with Crippen LogP contribution in [-0.2, 0) is 9.59 Å². The summed E-state index contributed by atoms with van der Waals surface area (Å²) in [5.74, 6) is 1.13. The van der Waals surface area contributed by atoms with Crippen molar-refractivity contribution in [3.8, 4) is 5.75 Å². The molecule has 3 aliphatic rings. The molecule has 3 heterocycles. The minimum Gasteiger partial charge on any atom is -0.490 e. The zero-order chi connectivity index (χ0) is 19.7. The van der Waals surface area contributed by atoms with E-state index in [1.807, 2.05) is 41.1 Å². The van der Waals surface area contributed by atoms with E-state index in [9.17, 15) is 9.59 Å². The van der Waals surface area contributed by atoms with Crippen molar-refractivity contribution < 1.29 is 14.3 Å². The number of likely N-dealkylation sites (tertiary alicyclic amines) is 1. The fourth-order valence-corrected chi connectivity index (χ4v) is 4.68. The van der Waals surface area contributed by atoms with Crippen molar-refractivity contribution in [2.45, 2.75) is 24.8 Å². The van der Waals surface area contributed by atoms with Crippen molar-refractivity contribution >= 4 is 17.5 Å². The molecule has 0 bridgehead atoms. The SMILES string of the molecule is CN1CC[C@@]2(CCC1=O)CN(CC(=O)N1CCOc3ccccc31)CCN2C. The standard InChI is InChI=1S/C21H30N4O3/c1-22-10-9-21(8-7-19(22)26)16-24(12-11-23(21)2)15-20(27)25-13-14-28-18-6-4-3-5-17(18)25/h3-6H,7-16H2,1-2H3/t21-/m0/s1. The van der Waals surface area contributed by atoms with Crippen molar-refractivity contribution in [2.24, 2.45) is 0 Å². The number of benzene rings is 1. The predicted octanol–water partition coefficient (Wildman–Crippen LogP) is 1.04. The van der Waals surface area contributed by atoms with E-state index in [0.29, 0.717) is 26.1 Å². The lowest BCUT2D eigenvalue weighted by atomic mass is 9.86. The van der Waals surface area contributed by atoms with E-state index in [1.165, 1.54) is 0 Å². The maximum absolute atomic E-state index is 13.1. The number of hydrogen-bond acceptors (Lipinski definition) is 5. The third-order valence-electron chi connectivity index (χ3n) is 6.61. The number of carbonyl (C=O) groups excluding carboxylic acids is 2. The van der Waals surface area contributed by atoms with Gasteiger partial charge in [0.1, 0.15) is 12.4 Å². The molecule has 1 aromatic rings. The van der Waals surface area contributed by atoms with Gasteiger partial charge in [-0.05, 0) is 32.0 Å². The third-order valence-corrected chi connectivity index (χ3v) is 6.61. The molecule has 1 atom stereocenters. The number of rotatable bonds is 2. The molecule has 1 spiro atoms. The second-order valence-corrected chi connectivity index (χ2v) is 8.28. The van der Waals surface area contributed by atoms with E-state index in [-0.39, 0.29) is 17.4 Å². The van der Waals surface area contributed by atoms with Gasteiger partial charge in [0.05, 0.1) is 18.8 Å². The van der Waals surface area contributed by atoms with Crippen LogP contribution in [0.1, 0.15) is 19.3 Å². The zero-order valence-electron chi connectivity index (χ0n) is 16.9. The number of carbonyl (C=O) groups is 2. The van der Waals surface area contributed by atoms with Crippen LogP contribution in [0.25, 0.3) is 0 Å². The molecule has 4 rings (SSSR count). The van der Waals surface area contributed by atoms with E-state index >= 15 is 0 Å². The Balaban J connectivity index is 1.46. The van der Waals surface area contributed by atoms with Gasteiger partial charge in [-0.15, -0.1) is 0 Å². The molecule has 28 heavy (non-hydrogen) atoms. The number of hydrogen-bond donors (Lipinski definition) is 0. The molecule has 152 valence electrons. The topological polar surface area (TPSA) is 56.3 Å². The van der Waals surface area contributed by atoms with Crippen LogP contribution < -0.4 is 9.64 Å². The van der Waals surface area contributed by atoms with Crippen LogP contribution in [0, 0.1) is 0 Å². The van der Waals surface area contributed by atoms with Gasteiger partial charge in [0.25, 0.3) is 0 Å². The third kappa shape index (κ3) is 3.61. The van der Waals surface area contributed by atoms with Crippen LogP contribution in [0.2, 0.25) is 0 Å². The quantitative estimate of drug-likeness (QED) is 0.760. The molecule has 0 saturated carbocycles. The van der Waals surface area contributed by atoms with E-state index in [0.717, 1.165) is 50.5 Å². The molecule has 1 aromatic carbocycles. The Bertz CT molecular complexity index is 755. The molecular weight excluding hydrogens is 356 g/mol. The van der Waals surface area contributed by atoms with Gasteiger partial charge >= 0.3 is 0 Å². The molecule has 7 nitrogen and oxygen atoms in total. The molecule has 3 aliphatic heterocycles. The maximum Gasteiger partial charge on any atom is 0.241 e. The van der Waals surface area contributed by atoms with Gasteiger partial charge in [0.2, 0.25) is 11.8 Å². The molecule has 0 N–H and O–H groups in total. The summed E-state index contributed by atoms with van der Waals surface area (Å²) in [7, 11) is 4.05. The number of ether oxygens (including phenoxy) is 1. The Morgan fingerprint density at radius 1 is 1.11 bits per heavy atom. The Morgan fingerprint density at radius 3 is 2.79 bits per heavy atom. The van der Waals surface area contributed by atoms with Crippen molar-refractivity contribution in [2.75, 3.05) is 64.9 Å². The fraction of sp³-hybridized carbons (Fsp3) is 0.619. The average Bonchev–Trinajstić information content (AvgIpc) is 2.85. The minimum atomic E-state index is -0.0259. The van der Waals surface area contributed by atoms with Gasteiger partial charge in [-0.25, -0.2) is 0 Å². The second kappa shape index (κ2) is 7.72. The molecule has 0 aromatic heterocycles. The average molecular weight is 386 g/mol. The fourth-order valence-electron chi connectivity index (χ4n) is 4.68. The lowest BCUT2D eigenvalue weighted by Gasteiger charge is -2.49. The largest absolute Gasteiger partial charge is 0.490 e. The van der Waals surface area contributed by atoms with Crippen molar-refractivity contribution in [3.05, 3.63) is 24.3 Å². The molecule has 7 heteroatoms. The van der Waals surface area contributed by atoms with Crippen molar-refractivity contribution in [1.29, 1.82) is 0 Å². The molecule has 2 saturated heterocycles. The van der Waals surface area contributed by atoms with Gasteiger partial charge in [0, 0.05) is 45.2 Å². The number of amides is 2. The summed E-state index contributed by atoms with van der Waals surface area (Å²) in [5, 5.41) is 0. The highest BCUT2D eigenvalue weighted by Crippen LogP contribution is 2.33. The summed E-state index contributed by atoms with van der Waals surface area (Å²) in [6, 6.07) is 7.74. The van der Waals surface area contributed by atoms with Crippen molar-refractivity contribution in [3.63, 3.8) is 0 Å². The number of piperazine rings is 1. The number of anilines is 1. The first kappa shape index (κ1) is 19.2. The van der Waals surface area contributed by atoms with Gasteiger partial charge in [0.15, 0.2) is 0 Å². The molecule has 2 fully saturated rings. The summed E-state index contributed by atoms with van der Waals surface area (Å²) in [6.45, 7) is 4.94. The van der Waals surface area contributed by atoms with Crippen LogP contribution in [0.4, 0.5) is 5.69 Å². The van der Waals surface area contributed by atoms with E-state index in [4.69, 9.17) is 4.74 Å². The summed E-state index contributed by atoms with van der Waals surface area (Å²) in [5.41, 5.74) is 0.839. The van der Waals surface area contributed by atoms with Crippen LogP contribution in [-0.4, -0.2) is 92.0 Å². The summed E-state index contributed by atoms with van der Waals surface area (Å²) in [4.78, 5) is 33.6. The van der Waals surface area contributed by atoms with Crippen LogP contribution in [0.5, 0.6) is 5.75 Å². The Hall–Kier alpha value is -2.12. The molecule has 0 aliphatic carbocycles. The predicted molar refractivity (Wildman–Crippen MR) is 108 cm³/mol. The van der Waals surface area contributed by atoms with Crippen LogP contribution in [0.15, 0.2) is 24.3 Å². The lowest BCUT2D eigenvalue weighted by molar-refractivity contribution is -0.129. The van der Waals surface area contributed by atoms with Gasteiger partial charge in [-0.3, -0.25) is 19.4 Å². The van der Waals surface area contributed by atoms with Gasteiger partial charge < -0.3 is 14.5 Å². The monoisotopic (exact) mass is 386 g/mol. The second-order valence-electron chi connectivity index (χ2n) is 8.28. The summed E-state index contributed by atoms with van der Waals surface area (Å²) >= 11 is 0. The highest BCUT2D eigenvalue weighted by Gasteiger charge is 2.42. The van der Waals surface area contributed by atoms with E-state index in [1.54, 1.807) is 0 Å². The Labute approximate surface area is 166 Å². The van der Waals surface area contributed by atoms with E-state index < -0.39 is 0 Å². The number of fused-ring (bicyclic) bond motifs is 1. The maximum atomic E-state index is 13.1. The number of likely N-dealkylation sites (N-methyl/N-ethyl adjacent to an activating group) is 1. The van der Waals surface area contributed by atoms with Crippen LogP contribution >= 0.6 is 0 Å². The normalized spacial score (nSPS) is 26.7. The Kier molecular flexibility index (Phi) is 5.29. The summed E-state index contributed by atoms with van der Waals surface area (Å²) < 4.78 is 5.68. The van der Waals surface area contributed by atoms with Gasteiger partial charge in [-0.2, -0.15) is 0 Å². The summed E-state index contributed by atoms with van der Waals surface area (Å²) in [6.07, 6.45) is 2.40. The lowest BCUT2D eigenvalue weighted by Crippen LogP contribution is -2.62. The molecule has 2 amide bonds. The van der Waals surface area contributed by atoms with E-state index in [2.05, 4.69) is 16.8 Å². The minimum absolute atomic E-state index is 0.0259. The highest BCUT2D eigenvalue weighted by molar-refractivity contribution is 5.96. The van der Waals surface area contributed by atoms with Crippen molar-refractivity contribution in [1.82, 2.24) is 14.7 Å². The molecule has 0 radical (unpaired) electrons. The first-order valence-corrected chi connectivity index (χ1v) is 10.2. The smallest absolute Gasteiger partial charge is 0.241 e. The first-order chi connectivity index (χ1) is 13.5. The number of nitrogens with zero attached hydrogens (tertiary/aromatic N) is 4. The molecular formula is C21H30N4O3. The van der Waals surface area contributed by atoms with Crippen LogP contribution in [0.3, 0.4) is 0 Å². The first-order valence-electron chi connectivity index (χ1n) is 10.2. The Morgan fingerprint density at radius 2 is 1.93 bits per heavy atom. The van der Waals surface area contributed by atoms with Gasteiger partial charge in [-0.1, -0.05) is 12.1 Å². The number of para-hydroxylation sites is 2. The molecule has 0 unspecified atom stereocenters.